The van der Waals surface area contributed by atoms with Crippen LogP contribution in [0.2, 0.25) is 0 Å². The lowest BCUT2D eigenvalue weighted by molar-refractivity contribution is 0.660. The summed E-state index contributed by atoms with van der Waals surface area (Å²) in [6.45, 7) is 4.72. The molecule has 0 bridgehead atoms. The standard InChI is InChI=1S/C63H48N2/c1-63(2)59-27-15-12-24-55(59)56-43-42-54(44-60(56)63)65(53-40-34-50(35-41-53)47-22-10-5-11-23-47)62-29-17-14-26-58(62)57-25-13-16-28-61(57)64(51-36-30-48(31-37-51)45-18-6-3-7-19-45)52-38-32-49(33-39-52)46-20-8-4-9-21-46/h3-44H,1-2H3. The summed E-state index contributed by atoms with van der Waals surface area (Å²) in [5.41, 5.74) is 21.1. The van der Waals surface area contributed by atoms with Crippen molar-refractivity contribution in [3.8, 4) is 55.6 Å². The molecule has 0 aliphatic heterocycles. The number of hydrogen-bond donors (Lipinski definition) is 0. The molecule has 0 radical (unpaired) electrons. The third kappa shape index (κ3) is 7.39. The van der Waals surface area contributed by atoms with Gasteiger partial charge in [0.05, 0.1) is 11.4 Å². The largest absolute Gasteiger partial charge is 0.310 e. The van der Waals surface area contributed by atoms with Gasteiger partial charge >= 0.3 is 0 Å². The average molecular weight is 833 g/mol. The molecule has 10 aromatic rings. The molecule has 1 aliphatic carbocycles. The van der Waals surface area contributed by atoms with Crippen LogP contribution >= 0.6 is 0 Å². The van der Waals surface area contributed by atoms with E-state index in [1.165, 1.54) is 55.6 Å². The molecule has 2 heteroatoms. The van der Waals surface area contributed by atoms with Crippen molar-refractivity contribution >= 4 is 34.1 Å². The van der Waals surface area contributed by atoms with Crippen molar-refractivity contribution in [2.24, 2.45) is 0 Å². The lowest BCUT2D eigenvalue weighted by Gasteiger charge is -2.32. The third-order valence-electron chi connectivity index (χ3n) is 13.1. The van der Waals surface area contributed by atoms with E-state index in [0.717, 1.165) is 45.3 Å². The zero-order valence-corrected chi connectivity index (χ0v) is 36.6. The Balaban J connectivity index is 1.08. The van der Waals surface area contributed by atoms with Crippen LogP contribution in [0.4, 0.5) is 34.1 Å². The lowest BCUT2D eigenvalue weighted by Crippen LogP contribution is -2.17. The topological polar surface area (TPSA) is 6.48 Å². The number of benzene rings is 10. The summed E-state index contributed by atoms with van der Waals surface area (Å²) in [7, 11) is 0. The molecule has 0 saturated heterocycles. The van der Waals surface area contributed by atoms with Crippen LogP contribution in [0, 0.1) is 0 Å². The fourth-order valence-electron chi connectivity index (χ4n) is 9.78. The third-order valence-corrected chi connectivity index (χ3v) is 13.1. The van der Waals surface area contributed by atoms with E-state index in [1.54, 1.807) is 0 Å². The van der Waals surface area contributed by atoms with Gasteiger partial charge in [0.2, 0.25) is 0 Å². The highest BCUT2D eigenvalue weighted by molar-refractivity contribution is 5.97. The van der Waals surface area contributed by atoms with Gasteiger partial charge < -0.3 is 9.80 Å². The summed E-state index contributed by atoms with van der Waals surface area (Å²) < 4.78 is 0. The number of para-hydroxylation sites is 2. The van der Waals surface area contributed by atoms with Crippen molar-refractivity contribution in [2.75, 3.05) is 9.80 Å². The maximum Gasteiger partial charge on any atom is 0.0540 e. The zero-order valence-electron chi connectivity index (χ0n) is 36.6. The van der Waals surface area contributed by atoms with Gasteiger partial charge in [-0.2, -0.15) is 0 Å². The van der Waals surface area contributed by atoms with Crippen molar-refractivity contribution in [3.63, 3.8) is 0 Å². The molecule has 0 saturated carbocycles. The first-order chi connectivity index (χ1) is 32.0. The van der Waals surface area contributed by atoms with Gasteiger partial charge in [0.1, 0.15) is 0 Å². The van der Waals surface area contributed by atoms with E-state index in [2.05, 4.69) is 278 Å². The molecule has 0 fully saturated rings. The Morgan fingerprint density at radius 1 is 0.246 bits per heavy atom. The van der Waals surface area contributed by atoms with Gasteiger partial charge in [0, 0.05) is 39.3 Å². The number of rotatable bonds is 10. The predicted octanol–water partition coefficient (Wildman–Crippen LogP) is 17.6. The van der Waals surface area contributed by atoms with Crippen LogP contribution in [-0.2, 0) is 5.41 Å². The lowest BCUT2D eigenvalue weighted by atomic mass is 9.82. The monoisotopic (exact) mass is 832 g/mol. The molecule has 0 atom stereocenters. The van der Waals surface area contributed by atoms with Crippen molar-refractivity contribution in [2.45, 2.75) is 19.3 Å². The Morgan fingerprint density at radius 3 is 0.985 bits per heavy atom. The van der Waals surface area contributed by atoms with Gasteiger partial charge in [-0.05, 0) is 116 Å². The second-order valence-electron chi connectivity index (χ2n) is 17.3. The Hall–Kier alpha value is -8.20. The first-order valence-corrected chi connectivity index (χ1v) is 22.5. The number of hydrogen-bond acceptors (Lipinski definition) is 2. The van der Waals surface area contributed by atoms with Gasteiger partial charge in [0.25, 0.3) is 0 Å². The van der Waals surface area contributed by atoms with Gasteiger partial charge in [-0.1, -0.05) is 208 Å². The SMILES string of the molecule is CC1(C)c2ccccc2-c2ccc(N(c3ccc(-c4ccccc4)cc3)c3ccccc3-c3ccccc3N(c3ccc(-c4ccccc4)cc3)c3ccc(-c4ccccc4)cc3)cc21. The fraction of sp³-hybridized carbons (Fsp3) is 0.0476. The minimum absolute atomic E-state index is 0.149. The summed E-state index contributed by atoms with van der Waals surface area (Å²) in [5.74, 6) is 0. The minimum Gasteiger partial charge on any atom is -0.310 e. The van der Waals surface area contributed by atoms with E-state index in [-0.39, 0.29) is 5.41 Å². The van der Waals surface area contributed by atoms with Crippen LogP contribution in [0.15, 0.2) is 255 Å². The van der Waals surface area contributed by atoms with E-state index in [0.29, 0.717) is 0 Å². The Labute approximate surface area is 383 Å². The molecule has 65 heavy (non-hydrogen) atoms. The van der Waals surface area contributed by atoms with E-state index in [9.17, 15) is 0 Å². The van der Waals surface area contributed by atoms with Gasteiger partial charge in [-0.25, -0.2) is 0 Å². The Bertz CT molecular complexity index is 3160. The van der Waals surface area contributed by atoms with E-state index in [1.807, 2.05) is 0 Å². The highest BCUT2D eigenvalue weighted by Crippen LogP contribution is 2.52. The summed E-state index contributed by atoms with van der Waals surface area (Å²) in [5, 5.41) is 0. The molecule has 1 aliphatic rings. The van der Waals surface area contributed by atoms with Gasteiger partial charge in [-0.15, -0.1) is 0 Å². The van der Waals surface area contributed by atoms with Crippen LogP contribution in [0.5, 0.6) is 0 Å². The molecule has 10 aromatic carbocycles. The fourth-order valence-corrected chi connectivity index (χ4v) is 9.78. The smallest absolute Gasteiger partial charge is 0.0540 e. The minimum atomic E-state index is -0.149. The summed E-state index contributed by atoms with van der Waals surface area (Å²) in [6, 6.07) is 92.5. The highest BCUT2D eigenvalue weighted by Gasteiger charge is 2.36. The molecule has 0 amide bonds. The normalized spacial score (nSPS) is 12.3. The van der Waals surface area contributed by atoms with Crippen LogP contribution < -0.4 is 9.80 Å². The summed E-state index contributed by atoms with van der Waals surface area (Å²) >= 11 is 0. The van der Waals surface area contributed by atoms with Crippen LogP contribution in [0.1, 0.15) is 25.0 Å². The maximum atomic E-state index is 2.45. The Morgan fingerprint density at radius 2 is 0.554 bits per heavy atom. The van der Waals surface area contributed by atoms with Gasteiger partial charge in [0.15, 0.2) is 0 Å². The molecule has 310 valence electrons. The first kappa shape index (κ1) is 39.6. The first-order valence-electron chi connectivity index (χ1n) is 22.5. The average Bonchev–Trinajstić information content (AvgIpc) is 3.61. The van der Waals surface area contributed by atoms with E-state index < -0.39 is 0 Å². The predicted molar refractivity (Wildman–Crippen MR) is 275 cm³/mol. The quantitative estimate of drug-likeness (QED) is 0.135. The molecule has 2 nitrogen and oxygen atoms in total. The van der Waals surface area contributed by atoms with Gasteiger partial charge in [-0.3, -0.25) is 0 Å². The summed E-state index contributed by atoms with van der Waals surface area (Å²) in [6.07, 6.45) is 0. The summed E-state index contributed by atoms with van der Waals surface area (Å²) in [4.78, 5) is 4.86. The number of anilines is 6. The second-order valence-corrected chi connectivity index (χ2v) is 17.3. The molecule has 0 aromatic heterocycles. The van der Waals surface area contributed by atoms with Crippen molar-refractivity contribution in [1.82, 2.24) is 0 Å². The molecule has 0 N–H and O–H groups in total. The zero-order chi connectivity index (χ0) is 43.7. The van der Waals surface area contributed by atoms with Crippen LogP contribution in [0.25, 0.3) is 55.6 Å². The van der Waals surface area contributed by atoms with Crippen LogP contribution in [0.3, 0.4) is 0 Å². The second kappa shape index (κ2) is 16.8. The number of fused-ring (bicyclic) bond motifs is 3. The maximum absolute atomic E-state index is 2.45. The highest BCUT2D eigenvalue weighted by atomic mass is 15.2. The number of nitrogens with zero attached hydrogens (tertiary/aromatic N) is 2. The van der Waals surface area contributed by atoms with E-state index >= 15 is 0 Å². The van der Waals surface area contributed by atoms with Crippen molar-refractivity contribution in [3.05, 3.63) is 266 Å². The van der Waals surface area contributed by atoms with Crippen LogP contribution in [-0.4, -0.2) is 0 Å². The Kier molecular flexibility index (Phi) is 10.3. The molecule has 0 heterocycles. The molecular weight excluding hydrogens is 785 g/mol. The molecule has 11 rings (SSSR count). The van der Waals surface area contributed by atoms with Crippen molar-refractivity contribution in [1.29, 1.82) is 0 Å². The molecular formula is C63H48N2. The molecule has 0 unspecified atom stereocenters. The molecule has 0 spiro atoms. The van der Waals surface area contributed by atoms with Crippen molar-refractivity contribution < 1.29 is 0 Å². The van der Waals surface area contributed by atoms with E-state index in [4.69, 9.17) is 0 Å².